The number of nitrogens with zero attached hydrogens (tertiary/aromatic N) is 2. The van der Waals surface area contributed by atoms with E-state index in [1.807, 2.05) is 0 Å². The Kier molecular flexibility index (Phi) is 6.82. The molecule has 33 heavy (non-hydrogen) atoms. The molecule has 1 heterocycles. The molecule has 0 saturated carbocycles. The van der Waals surface area contributed by atoms with Crippen LogP contribution in [-0.4, -0.2) is 29.7 Å². The van der Waals surface area contributed by atoms with Crippen molar-refractivity contribution in [2.45, 2.75) is 19.8 Å². The number of ether oxygens (including phenoxy) is 2. The molecule has 0 saturated heterocycles. The molecule has 0 aliphatic rings. The predicted molar refractivity (Wildman–Crippen MR) is 110 cm³/mol. The Labute approximate surface area is 185 Å². The Hall–Kier alpha value is -4.13. The number of fused-ring (bicyclic) bond motifs is 1. The van der Waals surface area contributed by atoms with Gasteiger partial charge in [-0.15, -0.1) is 0 Å². The summed E-state index contributed by atoms with van der Waals surface area (Å²) in [5, 5.41) is 8.85. The van der Waals surface area contributed by atoms with Gasteiger partial charge in [0.2, 0.25) is 5.43 Å². The first-order valence-corrected chi connectivity index (χ1v) is 9.81. The maximum atomic E-state index is 15.7. The molecule has 0 radical (unpaired) electrons. The molecule has 1 aromatic heterocycles. The van der Waals surface area contributed by atoms with Crippen LogP contribution >= 0.6 is 0 Å². The smallest absolute Gasteiger partial charge is 0.343 e. The van der Waals surface area contributed by atoms with E-state index in [0.717, 1.165) is 22.9 Å². The second kappa shape index (κ2) is 9.56. The molecule has 0 aliphatic heterocycles. The number of hydrogen-bond acceptors (Lipinski definition) is 6. The van der Waals surface area contributed by atoms with Crippen LogP contribution in [0.25, 0.3) is 16.6 Å². The van der Waals surface area contributed by atoms with Crippen LogP contribution in [0.4, 0.5) is 13.2 Å². The van der Waals surface area contributed by atoms with Gasteiger partial charge in [-0.05, 0) is 44.2 Å². The fourth-order valence-electron chi connectivity index (χ4n) is 3.31. The molecule has 3 aromatic rings. The SMILES string of the molecule is CCOC(=O)c1cn(-c2ccc(F)cc2)c2c(F)c(C(C#N)C(=O)OCC)c(F)cc2c1=O. The van der Waals surface area contributed by atoms with Crippen LogP contribution in [0.15, 0.2) is 41.3 Å². The minimum absolute atomic E-state index is 0.0576. The number of pyridine rings is 1. The Bertz CT molecular complexity index is 1340. The summed E-state index contributed by atoms with van der Waals surface area (Å²) in [5.74, 6) is -7.46. The number of halogens is 3. The first kappa shape index (κ1) is 23.5. The lowest BCUT2D eigenvalue weighted by Gasteiger charge is -2.17. The number of carbonyl (C=O) groups is 2. The number of carbonyl (C=O) groups excluding carboxylic acids is 2. The first-order chi connectivity index (χ1) is 15.7. The number of esters is 2. The zero-order valence-electron chi connectivity index (χ0n) is 17.5. The molecule has 1 unspecified atom stereocenters. The van der Waals surface area contributed by atoms with Crippen molar-refractivity contribution in [2.75, 3.05) is 13.2 Å². The fourth-order valence-corrected chi connectivity index (χ4v) is 3.31. The molecule has 0 fully saturated rings. The summed E-state index contributed by atoms with van der Waals surface area (Å²) in [4.78, 5) is 37.4. The molecule has 0 amide bonds. The number of aromatic nitrogens is 1. The molecule has 0 N–H and O–H groups in total. The van der Waals surface area contributed by atoms with Crippen LogP contribution in [-0.2, 0) is 14.3 Å². The Balaban J connectivity index is 2.45. The van der Waals surface area contributed by atoms with E-state index in [4.69, 9.17) is 9.47 Å². The van der Waals surface area contributed by atoms with Crippen molar-refractivity contribution in [2.24, 2.45) is 0 Å². The van der Waals surface area contributed by atoms with E-state index >= 15 is 4.39 Å². The van der Waals surface area contributed by atoms with E-state index in [-0.39, 0.29) is 18.9 Å². The highest BCUT2D eigenvalue weighted by molar-refractivity contribution is 5.95. The molecule has 0 spiro atoms. The normalized spacial score (nSPS) is 11.6. The van der Waals surface area contributed by atoms with Crippen LogP contribution in [0.1, 0.15) is 35.7 Å². The van der Waals surface area contributed by atoms with Gasteiger partial charge in [-0.1, -0.05) is 0 Å². The standard InChI is InChI=1S/C23H17F3N2O5/c1-3-32-22(30)15(10-27)18-17(25)9-14-20(19(18)26)28(13-7-5-12(24)6-8-13)11-16(21(14)29)23(31)33-4-2/h5-9,11,15H,3-4H2,1-2H3. The summed E-state index contributed by atoms with van der Waals surface area (Å²) in [7, 11) is 0. The highest BCUT2D eigenvalue weighted by Crippen LogP contribution is 2.31. The predicted octanol–water partition coefficient (Wildman–Crippen LogP) is 3.75. The molecule has 7 nitrogen and oxygen atoms in total. The van der Waals surface area contributed by atoms with Crippen LogP contribution in [0.2, 0.25) is 0 Å². The number of rotatable bonds is 6. The third-order valence-corrected chi connectivity index (χ3v) is 4.76. The largest absolute Gasteiger partial charge is 0.465 e. The maximum absolute atomic E-state index is 15.7. The van der Waals surface area contributed by atoms with Crippen molar-refractivity contribution in [3.05, 3.63) is 75.3 Å². The van der Waals surface area contributed by atoms with Gasteiger partial charge in [-0.2, -0.15) is 5.26 Å². The lowest BCUT2D eigenvalue weighted by atomic mass is 9.96. The Morgan fingerprint density at radius 3 is 2.30 bits per heavy atom. The van der Waals surface area contributed by atoms with Gasteiger partial charge in [0.1, 0.15) is 17.2 Å². The highest BCUT2D eigenvalue weighted by Gasteiger charge is 2.32. The minimum Gasteiger partial charge on any atom is -0.465 e. The van der Waals surface area contributed by atoms with Crippen LogP contribution in [0.3, 0.4) is 0 Å². The monoisotopic (exact) mass is 458 g/mol. The second-order valence-corrected chi connectivity index (χ2v) is 6.74. The maximum Gasteiger partial charge on any atom is 0.343 e. The third kappa shape index (κ3) is 4.30. The fraction of sp³-hybridized carbons (Fsp3) is 0.217. The molecule has 170 valence electrons. The average Bonchev–Trinajstić information content (AvgIpc) is 2.78. The first-order valence-electron chi connectivity index (χ1n) is 9.81. The van der Waals surface area contributed by atoms with E-state index in [9.17, 15) is 28.4 Å². The zero-order chi connectivity index (χ0) is 24.3. The highest BCUT2D eigenvalue weighted by atomic mass is 19.1. The van der Waals surface area contributed by atoms with Gasteiger partial charge >= 0.3 is 11.9 Å². The zero-order valence-corrected chi connectivity index (χ0v) is 17.5. The topological polar surface area (TPSA) is 98.4 Å². The van der Waals surface area contributed by atoms with Gasteiger partial charge in [0.25, 0.3) is 0 Å². The van der Waals surface area contributed by atoms with E-state index in [1.54, 1.807) is 0 Å². The molecule has 0 aliphatic carbocycles. The quantitative estimate of drug-likeness (QED) is 0.522. The van der Waals surface area contributed by atoms with E-state index < -0.39 is 62.8 Å². The number of nitriles is 1. The van der Waals surface area contributed by atoms with Crippen LogP contribution in [0, 0.1) is 28.8 Å². The molecular formula is C23H17F3N2O5. The van der Waals surface area contributed by atoms with Crippen LogP contribution in [0.5, 0.6) is 0 Å². The third-order valence-electron chi connectivity index (χ3n) is 4.76. The number of benzene rings is 2. The van der Waals surface area contributed by atoms with Gasteiger partial charge in [-0.3, -0.25) is 9.59 Å². The lowest BCUT2D eigenvalue weighted by molar-refractivity contribution is -0.143. The average molecular weight is 458 g/mol. The van der Waals surface area contributed by atoms with E-state index in [1.165, 1.54) is 32.0 Å². The molecular weight excluding hydrogens is 441 g/mol. The summed E-state index contributed by atoms with van der Waals surface area (Å²) >= 11 is 0. The van der Waals surface area contributed by atoms with Crippen molar-refractivity contribution in [1.82, 2.24) is 4.57 Å². The van der Waals surface area contributed by atoms with Crippen molar-refractivity contribution < 1.29 is 32.2 Å². The van der Waals surface area contributed by atoms with Gasteiger partial charge in [0.05, 0.1) is 35.7 Å². The molecule has 0 bridgehead atoms. The van der Waals surface area contributed by atoms with Gasteiger partial charge in [0.15, 0.2) is 11.7 Å². The summed E-state index contributed by atoms with van der Waals surface area (Å²) in [6, 6.07) is 6.75. The second-order valence-electron chi connectivity index (χ2n) is 6.74. The van der Waals surface area contributed by atoms with E-state index in [2.05, 4.69) is 0 Å². The van der Waals surface area contributed by atoms with Gasteiger partial charge < -0.3 is 14.0 Å². The summed E-state index contributed by atoms with van der Waals surface area (Å²) in [6.07, 6.45) is 0.979. The van der Waals surface area contributed by atoms with Crippen molar-refractivity contribution in [3.8, 4) is 11.8 Å². The van der Waals surface area contributed by atoms with Gasteiger partial charge in [-0.25, -0.2) is 18.0 Å². The van der Waals surface area contributed by atoms with Crippen LogP contribution < -0.4 is 5.43 Å². The number of hydrogen-bond donors (Lipinski definition) is 0. The van der Waals surface area contributed by atoms with Gasteiger partial charge in [0, 0.05) is 11.9 Å². The van der Waals surface area contributed by atoms with Crippen molar-refractivity contribution in [3.63, 3.8) is 0 Å². The lowest BCUT2D eigenvalue weighted by Crippen LogP contribution is -2.23. The summed E-state index contributed by atoms with van der Waals surface area (Å²) in [6.45, 7) is 2.79. The Morgan fingerprint density at radius 2 is 1.73 bits per heavy atom. The minimum atomic E-state index is -1.95. The molecule has 1 atom stereocenters. The van der Waals surface area contributed by atoms with Crippen molar-refractivity contribution in [1.29, 1.82) is 5.26 Å². The summed E-state index contributed by atoms with van der Waals surface area (Å²) < 4.78 is 54.7. The Morgan fingerprint density at radius 1 is 1.09 bits per heavy atom. The van der Waals surface area contributed by atoms with Crippen molar-refractivity contribution >= 4 is 22.8 Å². The van der Waals surface area contributed by atoms with E-state index in [0.29, 0.717) is 6.07 Å². The molecule has 10 heteroatoms. The molecule has 3 rings (SSSR count). The summed E-state index contributed by atoms with van der Waals surface area (Å²) in [5.41, 5.74) is -2.84. The molecule has 2 aromatic carbocycles.